The Morgan fingerprint density at radius 2 is 1.62 bits per heavy atom. The lowest BCUT2D eigenvalue weighted by molar-refractivity contribution is 0.409. The van der Waals surface area contributed by atoms with Crippen LogP contribution in [0.25, 0.3) is 10.9 Å². The van der Waals surface area contributed by atoms with Gasteiger partial charge in [-0.1, -0.05) is 11.6 Å². The van der Waals surface area contributed by atoms with E-state index in [1.54, 1.807) is 26.4 Å². The van der Waals surface area contributed by atoms with Gasteiger partial charge < -0.3 is 9.47 Å². The first-order chi connectivity index (χ1) is 7.67. The minimum absolute atomic E-state index is 0.0732. The lowest BCUT2D eigenvalue weighted by Gasteiger charge is -2.09. The Kier molecular flexibility index (Phi) is 3.03. The van der Waals surface area contributed by atoms with Gasteiger partial charge in [-0.05, 0) is 23.7 Å². The van der Waals surface area contributed by atoms with Gasteiger partial charge in [-0.25, -0.2) is 9.97 Å². The molecule has 1 aromatic carbocycles. The summed E-state index contributed by atoms with van der Waals surface area (Å²) in [5.41, 5.74) is 0.534. The number of hydrogen-bond donors (Lipinski definition) is 0. The van der Waals surface area contributed by atoms with E-state index in [4.69, 9.17) is 32.7 Å². The zero-order valence-electron chi connectivity index (χ0n) is 8.62. The van der Waals surface area contributed by atoms with Crippen LogP contribution in [0.4, 0.5) is 0 Å². The predicted molar refractivity (Wildman–Crippen MR) is 62.7 cm³/mol. The molecule has 2 aromatic rings. The lowest BCUT2D eigenvalue weighted by Crippen LogP contribution is -1.94. The third-order valence-corrected chi connectivity index (χ3v) is 2.59. The summed E-state index contributed by atoms with van der Waals surface area (Å²) >= 11 is 11.7. The standard InChI is InChI=1S/C10H8Cl2N2O2/c1-15-5-3-4-6(16-2)8-7(5)9(11)14-10(12)13-8/h3-4H,1-2H3. The summed E-state index contributed by atoms with van der Waals surface area (Å²) in [5, 5.41) is 0.905. The molecule has 16 heavy (non-hydrogen) atoms. The van der Waals surface area contributed by atoms with Crippen LogP contribution in [-0.4, -0.2) is 24.2 Å². The molecule has 0 radical (unpaired) electrons. The maximum atomic E-state index is 6.00. The van der Waals surface area contributed by atoms with E-state index in [0.717, 1.165) is 0 Å². The topological polar surface area (TPSA) is 44.2 Å². The highest BCUT2D eigenvalue weighted by atomic mass is 35.5. The van der Waals surface area contributed by atoms with E-state index in [9.17, 15) is 0 Å². The number of halogens is 2. The molecule has 0 aliphatic heterocycles. The van der Waals surface area contributed by atoms with Crippen LogP contribution >= 0.6 is 23.2 Å². The molecule has 6 heteroatoms. The molecule has 0 saturated carbocycles. The van der Waals surface area contributed by atoms with E-state index >= 15 is 0 Å². The summed E-state index contributed by atoms with van der Waals surface area (Å²) in [6.07, 6.45) is 0. The van der Waals surface area contributed by atoms with E-state index in [-0.39, 0.29) is 10.4 Å². The van der Waals surface area contributed by atoms with Gasteiger partial charge in [0, 0.05) is 0 Å². The summed E-state index contributed by atoms with van der Waals surface area (Å²) in [6.45, 7) is 0. The fourth-order valence-electron chi connectivity index (χ4n) is 1.45. The Bertz CT molecular complexity index is 546. The van der Waals surface area contributed by atoms with Gasteiger partial charge in [0.1, 0.15) is 22.2 Å². The molecular formula is C10H8Cl2N2O2. The van der Waals surface area contributed by atoms with Crippen molar-refractivity contribution in [3.8, 4) is 11.5 Å². The number of aromatic nitrogens is 2. The molecule has 0 amide bonds. The molecule has 0 spiro atoms. The Hall–Kier alpha value is -1.26. The third-order valence-electron chi connectivity index (χ3n) is 2.14. The first-order valence-electron chi connectivity index (χ1n) is 4.41. The fraction of sp³-hybridized carbons (Fsp3) is 0.200. The number of rotatable bonds is 2. The molecule has 0 fully saturated rings. The smallest absolute Gasteiger partial charge is 0.224 e. The minimum atomic E-state index is 0.0732. The van der Waals surface area contributed by atoms with E-state index in [1.807, 2.05) is 0 Å². The first-order valence-corrected chi connectivity index (χ1v) is 5.16. The maximum absolute atomic E-state index is 6.00. The lowest BCUT2D eigenvalue weighted by atomic mass is 10.2. The molecule has 0 atom stereocenters. The van der Waals surface area contributed by atoms with Crippen molar-refractivity contribution in [2.75, 3.05) is 14.2 Å². The molecule has 84 valence electrons. The summed E-state index contributed by atoms with van der Waals surface area (Å²) in [6, 6.07) is 3.48. The highest BCUT2D eigenvalue weighted by Gasteiger charge is 2.14. The van der Waals surface area contributed by atoms with E-state index in [0.29, 0.717) is 22.4 Å². The van der Waals surface area contributed by atoms with E-state index < -0.39 is 0 Å². The molecule has 2 rings (SSSR count). The third kappa shape index (κ3) is 1.74. The van der Waals surface area contributed by atoms with Crippen LogP contribution in [-0.2, 0) is 0 Å². The summed E-state index contributed by atoms with van der Waals surface area (Å²) in [5.74, 6) is 1.15. The number of hydrogen-bond acceptors (Lipinski definition) is 4. The zero-order valence-corrected chi connectivity index (χ0v) is 10.1. The number of fused-ring (bicyclic) bond motifs is 1. The fourth-order valence-corrected chi connectivity index (χ4v) is 1.93. The zero-order chi connectivity index (χ0) is 11.7. The largest absolute Gasteiger partial charge is 0.496 e. The van der Waals surface area contributed by atoms with Crippen molar-refractivity contribution in [2.24, 2.45) is 0 Å². The molecule has 0 aliphatic rings. The van der Waals surface area contributed by atoms with Gasteiger partial charge in [0.15, 0.2) is 0 Å². The van der Waals surface area contributed by atoms with Crippen molar-refractivity contribution in [3.05, 3.63) is 22.6 Å². The molecule has 0 saturated heterocycles. The van der Waals surface area contributed by atoms with Crippen LogP contribution in [0.3, 0.4) is 0 Å². The monoisotopic (exact) mass is 258 g/mol. The second-order valence-electron chi connectivity index (χ2n) is 2.98. The van der Waals surface area contributed by atoms with E-state index in [2.05, 4.69) is 9.97 Å². The average molecular weight is 259 g/mol. The van der Waals surface area contributed by atoms with Crippen LogP contribution in [0.15, 0.2) is 12.1 Å². The highest BCUT2D eigenvalue weighted by molar-refractivity contribution is 6.36. The quantitative estimate of drug-likeness (QED) is 0.614. The van der Waals surface area contributed by atoms with Crippen molar-refractivity contribution in [3.63, 3.8) is 0 Å². The first kappa shape index (κ1) is 11.2. The normalized spacial score (nSPS) is 10.5. The van der Waals surface area contributed by atoms with Crippen LogP contribution in [0.1, 0.15) is 0 Å². The molecular weight excluding hydrogens is 251 g/mol. The number of methoxy groups -OCH3 is 2. The van der Waals surface area contributed by atoms with Crippen LogP contribution in [0.2, 0.25) is 10.4 Å². The van der Waals surface area contributed by atoms with Gasteiger partial charge in [0.25, 0.3) is 0 Å². The van der Waals surface area contributed by atoms with Crippen molar-refractivity contribution >= 4 is 34.1 Å². The molecule has 1 aromatic heterocycles. The second-order valence-corrected chi connectivity index (χ2v) is 3.67. The molecule has 0 N–H and O–H groups in total. The second kappa shape index (κ2) is 4.31. The minimum Gasteiger partial charge on any atom is -0.496 e. The summed E-state index contributed by atoms with van der Waals surface area (Å²) in [7, 11) is 3.09. The van der Waals surface area contributed by atoms with Crippen molar-refractivity contribution in [2.45, 2.75) is 0 Å². The predicted octanol–water partition coefficient (Wildman–Crippen LogP) is 2.95. The van der Waals surface area contributed by atoms with Gasteiger partial charge in [0.2, 0.25) is 5.28 Å². The maximum Gasteiger partial charge on any atom is 0.224 e. The molecule has 0 bridgehead atoms. The van der Waals surface area contributed by atoms with Gasteiger partial charge in [-0.2, -0.15) is 0 Å². The molecule has 0 unspecified atom stereocenters. The van der Waals surface area contributed by atoms with Crippen LogP contribution in [0, 0.1) is 0 Å². The van der Waals surface area contributed by atoms with Crippen molar-refractivity contribution in [1.82, 2.24) is 9.97 Å². The summed E-state index contributed by atoms with van der Waals surface area (Å²) in [4.78, 5) is 7.95. The Morgan fingerprint density at radius 1 is 1.00 bits per heavy atom. The number of nitrogens with zero attached hydrogens (tertiary/aromatic N) is 2. The SMILES string of the molecule is COc1ccc(OC)c2c(Cl)nc(Cl)nc12. The average Bonchev–Trinajstić information content (AvgIpc) is 2.27. The number of benzene rings is 1. The van der Waals surface area contributed by atoms with Crippen LogP contribution < -0.4 is 9.47 Å². The van der Waals surface area contributed by atoms with Gasteiger partial charge in [0.05, 0.1) is 19.6 Å². The Morgan fingerprint density at radius 3 is 2.25 bits per heavy atom. The van der Waals surface area contributed by atoms with Crippen molar-refractivity contribution in [1.29, 1.82) is 0 Å². The van der Waals surface area contributed by atoms with Gasteiger partial charge in [-0.3, -0.25) is 0 Å². The van der Waals surface area contributed by atoms with Gasteiger partial charge >= 0.3 is 0 Å². The van der Waals surface area contributed by atoms with Crippen LogP contribution in [0.5, 0.6) is 11.5 Å². The Labute approximate surface area is 102 Å². The molecule has 1 heterocycles. The summed E-state index contributed by atoms with van der Waals surface area (Å²) < 4.78 is 10.4. The molecule has 4 nitrogen and oxygen atoms in total. The van der Waals surface area contributed by atoms with Gasteiger partial charge in [-0.15, -0.1) is 0 Å². The number of ether oxygens (including phenoxy) is 2. The molecule has 0 aliphatic carbocycles. The Balaban J connectivity index is 2.90. The highest BCUT2D eigenvalue weighted by Crippen LogP contribution is 2.36. The van der Waals surface area contributed by atoms with E-state index in [1.165, 1.54) is 0 Å². The van der Waals surface area contributed by atoms with Crippen molar-refractivity contribution < 1.29 is 9.47 Å².